The quantitative estimate of drug-likeness (QED) is 0.131. The molecular formula is C44H43ClN10O4S. The van der Waals surface area contributed by atoms with Gasteiger partial charge in [-0.15, -0.1) is 26.6 Å². The number of benzene rings is 2. The van der Waals surface area contributed by atoms with Crippen molar-refractivity contribution in [1.82, 2.24) is 40.2 Å². The number of carbonyl (C=O) groups is 2. The van der Waals surface area contributed by atoms with Crippen LogP contribution in [0, 0.1) is 32.1 Å². The molecule has 4 aromatic heterocycles. The largest absolute Gasteiger partial charge is 0.490 e. The second kappa shape index (κ2) is 17.5. The molecule has 0 saturated heterocycles. The van der Waals surface area contributed by atoms with Gasteiger partial charge in [0.25, 0.3) is 5.91 Å². The number of aliphatic imine (C=N–C) groups is 1. The first-order valence-electron chi connectivity index (χ1n) is 19.9. The highest BCUT2D eigenvalue weighted by Crippen LogP contribution is 2.39. The molecule has 306 valence electrons. The molecule has 2 aromatic carbocycles. The second-order valence-electron chi connectivity index (χ2n) is 15.2. The summed E-state index contributed by atoms with van der Waals surface area (Å²) in [5, 5.41) is 31.0. The lowest BCUT2D eigenvalue weighted by atomic mass is 9.92. The van der Waals surface area contributed by atoms with Crippen LogP contribution in [0.2, 0.25) is 5.02 Å². The molecule has 60 heavy (non-hydrogen) atoms. The Morgan fingerprint density at radius 2 is 1.83 bits per heavy atom. The zero-order valence-corrected chi connectivity index (χ0v) is 35.3. The smallest absolute Gasteiger partial charge is 0.272 e. The van der Waals surface area contributed by atoms with Crippen LogP contribution < -0.4 is 10.1 Å². The van der Waals surface area contributed by atoms with E-state index in [2.05, 4.69) is 61.2 Å². The minimum absolute atomic E-state index is 0.000494. The van der Waals surface area contributed by atoms with Crippen LogP contribution in [0.4, 0.5) is 0 Å². The van der Waals surface area contributed by atoms with Crippen molar-refractivity contribution >= 4 is 40.5 Å². The third-order valence-corrected chi connectivity index (χ3v) is 12.6. The van der Waals surface area contributed by atoms with Crippen LogP contribution in [0.5, 0.6) is 5.75 Å². The van der Waals surface area contributed by atoms with E-state index in [4.69, 9.17) is 31.0 Å². The summed E-state index contributed by atoms with van der Waals surface area (Å²) in [6.07, 6.45) is 7.34. The van der Waals surface area contributed by atoms with E-state index in [0.717, 1.165) is 70.3 Å². The molecule has 16 heteroatoms. The number of nitrogens with zero attached hydrogens (tertiary/aromatic N) is 9. The van der Waals surface area contributed by atoms with E-state index in [1.54, 1.807) is 66.1 Å². The van der Waals surface area contributed by atoms with Gasteiger partial charge in [0.1, 0.15) is 34.9 Å². The van der Waals surface area contributed by atoms with Gasteiger partial charge in [-0.1, -0.05) is 35.9 Å². The van der Waals surface area contributed by atoms with Crippen LogP contribution in [-0.4, -0.2) is 71.6 Å². The fourth-order valence-corrected chi connectivity index (χ4v) is 9.08. The van der Waals surface area contributed by atoms with Crippen molar-refractivity contribution in [3.05, 3.63) is 134 Å². The molecule has 0 unspecified atom stereocenters. The van der Waals surface area contributed by atoms with E-state index in [1.807, 2.05) is 25.1 Å². The van der Waals surface area contributed by atoms with Crippen molar-refractivity contribution in [3.63, 3.8) is 0 Å². The van der Waals surface area contributed by atoms with Crippen LogP contribution >= 0.6 is 22.9 Å². The van der Waals surface area contributed by atoms with Gasteiger partial charge in [-0.3, -0.25) is 19.1 Å². The van der Waals surface area contributed by atoms with Gasteiger partial charge in [0.15, 0.2) is 17.4 Å². The summed E-state index contributed by atoms with van der Waals surface area (Å²) in [7, 11) is 1.79. The Balaban J connectivity index is 0.843. The highest BCUT2D eigenvalue weighted by molar-refractivity contribution is 7.15. The maximum atomic E-state index is 13.2. The van der Waals surface area contributed by atoms with Crippen LogP contribution in [0.1, 0.15) is 105 Å². The molecule has 1 N–H and O–H groups in total. The number of amides is 2. The topological polar surface area (TPSA) is 177 Å². The summed E-state index contributed by atoms with van der Waals surface area (Å²) in [5.41, 5.74) is 6.31. The summed E-state index contributed by atoms with van der Waals surface area (Å²) in [5.74, 6) is 2.44. The summed E-state index contributed by atoms with van der Waals surface area (Å²) in [6, 6.07) is 18.4. The lowest BCUT2D eigenvalue weighted by Crippen LogP contribution is -2.40. The molecule has 2 amide bonds. The van der Waals surface area contributed by atoms with E-state index in [1.165, 1.54) is 4.88 Å². The van der Waals surface area contributed by atoms with Gasteiger partial charge in [-0.2, -0.15) is 10.4 Å². The minimum atomic E-state index is -0.360. The van der Waals surface area contributed by atoms with Gasteiger partial charge in [0.05, 0.1) is 40.7 Å². The fraction of sp³-hybridized carbons (Fsp3) is 0.341. The number of nitriles is 1. The van der Waals surface area contributed by atoms with Crippen molar-refractivity contribution in [2.24, 2.45) is 4.99 Å². The predicted molar refractivity (Wildman–Crippen MR) is 226 cm³/mol. The number of nitrogens with one attached hydrogen (secondary N) is 1. The van der Waals surface area contributed by atoms with E-state index >= 15 is 0 Å². The Kier molecular flexibility index (Phi) is 11.9. The molecule has 8 rings (SSSR count). The first-order chi connectivity index (χ1) is 29.0. The highest BCUT2D eigenvalue weighted by Gasteiger charge is 2.32. The van der Waals surface area contributed by atoms with Crippen LogP contribution in [-0.2, 0) is 24.2 Å². The lowest BCUT2D eigenvalue weighted by molar-refractivity contribution is -0.130. The number of hydrogen-bond acceptors (Lipinski definition) is 12. The second-order valence-corrected chi connectivity index (χ2v) is 16.8. The number of rotatable bonds is 12. The number of hydrogen-bond donors (Lipinski definition) is 1. The average molecular weight is 843 g/mol. The van der Waals surface area contributed by atoms with Crippen molar-refractivity contribution in [3.8, 4) is 16.8 Å². The summed E-state index contributed by atoms with van der Waals surface area (Å²) < 4.78 is 13.8. The van der Waals surface area contributed by atoms with Crippen molar-refractivity contribution < 1.29 is 18.7 Å². The Labute approximate surface area is 356 Å². The molecular weight excluding hydrogens is 800 g/mol. The van der Waals surface area contributed by atoms with Crippen LogP contribution in [0.3, 0.4) is 0 Å². The number of thiophene rings is 1. The maximum absolute atomic E-state index is 13.2. The van der Waals surface area contributed by atoms with Crippen molar-refractivity contribution in [2.45, 2.75) is 90.4 Å². The number of ether oxygens (including phenoxy) is 1. The Morgan fingerprint density at radius 1 is 1.03 bits per heavy atom. The maximum Gasteiger partial charge on any atom is 0.272 e. The molecule has 5 heterocycles. The SMILES string of the molecule is Cc1sc2c(c1C)C(c1ccc(CN(C)C(=O)CCc3ccc(C(=O)NC4CCC(Oc5ccc(C#N)c(Cl)c5)CC4)nn3)cc1)=N[C@@H](Cc1ncco1)c1nnc(C)n1-2. The number of aryl methyl sites for hydroxylation is 3. The van der Waals surface area contributed by atoms with E-state index in [0.29, 0.717) is 47.3 Å². The summed E-state index contributed by atoms with van der Waals surface area (Å²) in [6.45, 7) is 6.64. The number of fused-ring (bicyclic) bond motifs is 3. The van der Waals surface area contributed by atoms with Gasteiger partial charge in [-0.05, 0) is 81.8 Å². The molecule has 1 aliphatic heterocycles. The van der Waals surface area contributed by atoms with Gasteiger partial charge in [0, 0.05) is 54.5 Å². The molecule has 1 aliphatic carbocycles. The highest BCUT2D eigenvalue weighted by atomic mass is 35.5. The first-order valence-corrected chi connectivity index (χ1v) is 21.1. The molecule has 1 atom stereocenters. The summed E-state index contributed by atoms with van der Waals surface area (Å²) >= 11 is 7.85. The number of carbonyl (C=O) groups excluding carboxylic acids is 2. The zero-order valence-electron chi connectivity index (χ0n) is 33.7. The van der Waals surface area contributed by atoms with E-state index in [9.17, 15) is 9.59 Å². The molecule has 1 saturated carbocycles. The Hall–Kier alpha value is -6.24. The van der Waals surface area contributed by atoms with Gasteiger partial charge < -0.3 is 19.4 Å². The Morgan fingerprint density at radius 3 is 2.53 bits per heavy atom. The lowest BCUT2D eigenvalue weighted by Gasteiger charge is -2.29. The number of oxazole rings is 1. The molecule has 1 fully saturated rings. The first kappa shape index (κ1) is 40.5. The van der Waals surface area contributed by atoms with Crippen LogP contribution in [0.15, 0.2) is 76.5 Å². The molecule has 6 aromatic rings. The fourth-order valence-electron chi connectivity index (χ4n) is 7.65. The third-order valence-electron chi connectivity index (χ3n) is 11.1. The minimum Gasteiger partial charge on any atom is -0.490 e. The monoisotopic (exact) mass is 842 g/mol. The predicted octanol–water partition coefficient (Wildman–Crippen LogP) is 7.40. The normalized spacial score (nSPS) is 17.1. The summed E-state index contributed by atoms with van der Waals surface area (Å²) in [4.78, 5) is 38.8. The standard InChI is InChI=1S/C44H43ClN10O4S/c1-25-26(2)60-44-40(25)41(49-37(22-38-47-19-20-58-38)42-53-50-27(3)55(42)44)29-7-5-28(6-8-29)24-54(4)39(56)18-13-32-12-17-36(52-51-32)43(57)48-31-10-15-33(16-11-31)59-34-14-9-30(23-46)35(45)21-34/h5-9,12,14,17,19-21,31,33,37H,10-11,13,15-16,18,22,24H2,1-4H3,(H,48,57)/t31?,33?,37-/m0/s1. The van der Waals surface area contributed by atoms with E-state index in [-0.39, 0.29) is 42.1 Å². The number of halogens is 1. The number of aromatic nitrogens is 6. The van der Waals surface area contributed by atoms with E-state index < -0.39 is 0 Å². The molecule has 14 nitrogen and oxygen atoms in total. The van der Waals surface area contributed by atoms with Crippen molar-refractivity contribution in [1.29, 1.82) is 5.26 Å². The molecule has 0 radical (unpaired) electrons. The Bertz CT molecular complexity index is 2590. The third kappa shape index (κ3) is 8.71. The van der Waals surface area contributed by atoms with Gasteiger partial charge in [-0.25, -0.2) is 4.98 Å². The molecule has 2 aliphatic rings. The van der Waals surface area contributed by atoms with Gasteiger partial charge in [0.2, 0.25) is 5.91 Å². The average Bonchev–Trinajstić information content (AvgIpc) is 3.96. The van der Waals surface area contributed by atoms with Crippen molar-refractivity contribution in [2.75, 3.05) is 7.05 Å². The van der Waals surface area contributed by atoms with Gasteiger partial charge >= 0.3 is 0 Å². The molecule has 0 bridgehead atoms. The zero-order chi connectivity index (χ0) is 41.9. The molecule has 0 spiro atoms. The van der Waals surface area contributed by atoms with Crippen LogP contribution in [0.25, 0.3) is 5.00 Å².